The highest BCUT2D eigenvalue weighted by molar-refractivity contribution is 5.83. The van der Waals surface area contributed by atoms with Gasteiger partial charge in [-0.2, -0.15) is 0 Å². The highest BCUT2D eigenvalue weighted by Gasteiger charge is 2.16. The summed E-state index contributed by atoms with van der Waals surface area (Å²) < 4.78 is 11.4. The van der Waals surface area contributed by atoms with Gasteiger partial charge >= 0.3 is 0 Å². The van der Waals surface area contributed by atoms with E-state index in [0.717, 1.165) is 23.4 Å². The molecule has 3 aromatic rings. The Kier molecular flexibility index (Phi) is 5.61. The fraction of sp³-hybridized carbons (Fsp3) is 0.333. The molecule has 0 saturated carbocycles. The van der Waals surface area contributed by atoms with Crippen molar-refractivity contribution in [3.63, 3.8) is 0 Å². The molecule has 132 valence electrons. The van der Waals surface area contributed by atoms with E-state index in [9.17, 15) is 0 Å². The van der Waals surface area contributed by atoms with Gasteiger partial charge in [0.25, 0.3) is 0 Å². The monoisotopic (exact) mass is 338 g/mol. The molecule has 1 atom stereocenters. The molecule has 1 unspecified atom stereocenters. The van der Waals surface area contributed by atoms with Crippen LogP contribution in [0.2, 0.25) is 0 Å². The van der Waals surface area contributed by atoms with Gasteiger partial charge in [-0.05, 0) is 56.1 Å². The van der Waals surface area contributed by atoms with Crippen molar-refractivity contribution in [3.8, 4) is 11.5 Å². The van der Waals surface area contributed by atoms with Gasteiger partial charge in [0.1, 0.15) is 0 Å². The van der Waals surface area contributed by atoms with Gasteiger partial charge in [0, 0.05) is 23.0 Å². The van der Waals surface area contributed by atoms with E-state index < -0.39 is 0 Å². The summed E-state index contributed by atoms with van der Waals surface area (Å²) in [6.45, 7) is 5.80. The average Bonchev–Trinajstić information content (AvgIpc) is 3.06. The van der Waals surface area contributed by atoms with Gasteiger partial charge in [0.2, 0.25) is 0 Å². The number of para-hydroxylation sites is 1. The van der Waals surface area contributed by atoms with Gasteiger partial charge in [0.15, 0.2) is 11.5 Å². The van der Waals surface area contributed by atoms with Crippen molar-refractivity contribution >= 4 is 10.9 Å². The minimum atomic E-state index is 0.253. The predicted molar refractivity (Wildman–Crippen MR) is 103 cm³/mol. The van der Waals surface area contributed by atoms with Crippen LogP contribution >= 0.6 is 0 Å². The maximum absolute atomic E-state index is 6.11. The highest BCUT2D eigenvalue weighted by atomic mass is 16.5. The van der Waals surface area contributed by atoms with Crippen LogP contribution in [0.3, 0.4) is 0 Å². The van der Waals surface area contributed by atoms with Crippen LogP contribution in [0.5, 0.6) is 11.5 Å². The number of ether oxygens (including phenoxy) is 2. The molecule has 1 aromatic heterocycles. The van der Waals surface area contributed by atoms with Gasteiger partial charge in [-0.3, -0.25) is 0 Å². The van der Waals surface area contributed by atoms with Gasteiger partial charge in [-0.25, -0.2) is 0 Å². The lowest BCUT2D eigenvalue weighted by molar-refractivity contribution is 0.287. The first-order valence-corrected chi connectivity index (χ1v) is 8.91. The lowest BCUT2D eigenvalue weighted by atomic mass is 9.91. The molecule has 0 spiro atoms. The molecule has 2 aromatic carbocycles. The minimum Gasteiger partial charge on any atom is -0.490 e. The number of H-pyrrole nitrogens is 1. The molecule has 0 aliphatic rings. The number of hydrogen-bond donors (Lipinski definition) is 2. The summed E-state index contributed by atoms with van der Waals surface area (Å²) in [7, 11) is 0. The van der Waals surface area contributed by atoms with Crippen molar-refractivity contribution in [1.82, 2.24) is 4.98 Å². The van der Waals surface area contributed by atoms with Crippen LogP contribution in [-0.4, -0.2) is 24.7 Å². The first-order valence-electron chi connectivity index (χ1n) is 8.91. The molecule has 0 radical (unpaired) electrons. The fourth-order valence-corrected chi connectivity index (χ4v) is 3.26. The number of hydrogen-bond acceptors (Lipinski definition) is 3. The molecule has 1 heterocycles. The third kappa shape index (κ3) is 3.80. The molecule has 0 amide bonds. The van der Waals surface area contributed by atoms with E-state index in [4.69, 9.17) is 15.2 Å². The van der Waals surface area contributed by atoms with E-state index in [-0.39, 0.29) is 5.92 Å². The number of benzene rings is 2. The molecule has 4 heteroatoms. The first-order chi connectivity index (χ1) is 12.3. The number of aromatic nitrogens is 1. The van der Waals surface area contributed by atoms with Crippen LogP contribution in [0.25, 0.3) is 10.9 Å². The smallest absolute Gasteiger partial charge is 0.161 e. The molecule has 3 N–H and O–H groups in total. The standard InChI is InChI=1S/C21H26N2O2/c1-3-24-20-10-9-15(12-21(20)25-4-2)11-16(13-22)18-14-23-19-8-6-5-7-17(18)19/h5-10,12,14,16,23H,3-4,11,13,22H2,1-2H3. The van der Waals surface area contributed by atoms with E-state index >= 15 is 0 Å². The Balaban J connectivity index is 1.87. The number of rotatable bonds is 8. The van der Waals surface area contributed by atoms with Crippen LogP contribution in [0.1, 0.15) is 30.9 Å². The van der Waals surface area contributed by atoms with Crippen molar-refractivity contribution in [2.75, 3.05) is 19.8 Å². The Labute approximate surface area is 149 Å². The lowest BCUT2D eigenvalue weighted by Crippen LogP contribution is -2.15. The van der Waals surface area contributed by atoms with Crippen LogP contribution < -0.4 is 15.2 Å². The second-order valence-electron chi connectivity index (χ2n) is 6.07. The zero-order valence-electron chi connectivity index (χ0n) is 14.9. The van der Waals surface area contributed by atoms with Crippen molar-refractivity contribution in [2.45, 2.75) is 26.2 Å². The van der Waals surface area contributed by atoms with Gasteiger partial charge < -0.3 is 20.2 Å². The van der Waals surface area contributed by atoms with Crippen LogP contribution in [0.4, 0.5) is 0 Å². The topological polar surface area (TPSA) is 60.3 Å². The highest BCUT2D eigenvalue weighted by Crippen LogP contribution is 2.32. The predicted octanol–water partition coefficient (Wildman–Crippen LogP) is 4.25. The number of nitrogens with two attached hydrogens (primary N) is 1. The largest absolute Gasteiger partial charge is 0.490 e. The third-order valence-corrected chi connectivity index (χ3v) is 4.44. The minimum absolute atomic E-state index is 0.253. The number of aromatic amines is 1. The Morgan fingerprint density at radius 2 is 1.76 bits per heavy atom. The average molecular weight is 338 g/mol. The maximum Gasteiger partial charge on any atom is 0.161 e. The van der Waals surface area contributed by atoms with Crippen molar-refractivity contribution in [1.29, 1.82) is 0 Å². The zero-order chi connectivity index (χ0) is 17.6. The Morgan fingerprint density at radius 3 is 2.52 bits per heavy atom. The zero-order valence-corrected chi connectivity index (χ0v) is 14.9. The normalized spacial score (nSPS) is 12.3. The molecule has 0 bridgehead atoms. The summed E-state index contributed by atoms with van der Waals surface area (Å²) >= 11 is 0. The van der Waals surface area contributed by atoms with Crippen LogP contribution in [0.15, 0.2) is 48.7 Å². The SMILES string of the molecule is CCOc1ccc(CC(CN)c2c[nH]c3ccccc23)cc1OCC. The molecule has 4 nitrogen and oxygen atoms in total. The van der Waals surface area contributed by atoms with E-state index in [1.165, 1.54) is 16.5 Å². The summed E-state index contributed by atoms with van der Waals surface area (Å²) in [6.07, 6.45) is 2.95. The molecule has 3 rings (SSSR count). The molecule has 0 saturated heterocycles. The number of nitrogens with one attached hydrogen (secondary N) is 1. The van der Waals surface area contributed by atoms with Crippen LogP contribution in [-0.2, 0) is 6.42 Å². The van der Waals surface area contributed by atoms with E-state index in [0.29, 0.717) is 19.8 Å². The molecule has 0 aliphatic carbocycles. The van der Waals surface area contributed by atoms with Crippen molar-refractivity contribution < 1.29 is 9.47 Å². The van der Waals surface area contributed by atoms with Crippen LogP contribution in [0, 0.1) is 0 Å². The summed E-state index contributed by atoms with van der Waals surface area (Å²) in [4.78, 5) is 3.35. The van der Waals surface area contributed by atoms with Gasteiger partial charge in [-0.15, -0.1) is 0 Å². The maximum atomic E-state index is 6.11. The molecule has 25 heavy (non-hydrogen) atoms. The fourth-order valence-electron chi connectivity index (χ4n) is 3.26. The molecule has 0 fully saturated rings. The number of fused-ring (bicyclic) bond motifs is 1. The third-order valence-electron chi connectivity index (χ3n) is 4.44. The van der Waals surface area contributed by atoms with E-state index in [2.05, 4.69) is 41.5 Å². The second kappa shape index (κ2) is 8.08. The Hall–Kier alpha value is -2.46. The van der Waals surface area contributed by atoms with Gasteiger partial charge in [0.05, 0.1) is 13.2 Å². The van der Waals surface area contributed by atoms with Crippen molar-refractivity contribution in [3.05, 3.63) is 59.8 Å². The summed E-state index contributed by atoms with van der Waals surface area (Å²) in [6, 6.07) is 14.5. The lowest BCUT2D eigenvalue weighted by Gasteiger charge is -2.17. The molecular formula is C21H26N2O2. The summed E-state index contributed by atoms with van der Waals surface area (Å²) in [5, 5.41) is 1.24. The summed E-state index contributed by atoms with van der Waals surface area (Å²) in [5.74, 6) is 1.85. The van der Waals surface area contributed by atoms with E-state index in [1.54, 1.807) is 0 Å². The second-order valence-corrected chi connectivity index (χ2v) is 6.07. The Bertz CT molecular complexity index is 826. The van der Waals surface area contributed by atoms with Gasteiger partial charge in [-0.1, -0.05) is 24.3 Å². The van der Waals surface area contributed by atoms with E-state index in [1.807, 2.05) is 26.0 Å². The Morgan fingerprint density at radius 1 is 1.00 bits per heavy atom. The quantitative estimate of drug-likeness (QED) is 0.645. The molecule has 0 aliphatic heterocycles. The first kappa shape index (κ1) is 17.4. The molecular weight excluding hydrogens is 312 g/mol. The summed E-state index contributed by atoms with van der Waals surface area (Å²) in [5.41, 5.74) is 9.73. The van der Waals surface area contributed by atoms with Crippen molar-refractivity contribution in [2.24, 2.45) is 5.73 Å².